The summed E-state index contributed by atoms with van der Waals surface area (Å²) >= 11 is 0. The molecule has 2 heterocycles. The molecule has 3 aromatic rings. The minimum atomic E-state index is -0.935. The van der Waals surface area contributed by atoms with Crippen LogP contribution in [0.1, 0.15) is 17.2 Å². The van der Waals surface area contributed by atoms with Crippen LogP contribution in [0.15, 0.2) is 84.9 Å². The van der Waals surface area contributed by atoms with E-state index >= 15 is 0 Å². The highest BCUT2D eigenvalue weighted by Gasteiger charge is 2.59. The molecule has 5 nitrogen and oxygen atoms in total. The van der Waals surface area contributed by atoms with E-state index in [1.807, 2.05) is 60.7 Å². The number of carbonyl (C=O) groups is 2. The number of likely N-dealkylation sites (tertiary alicyclic amines) is 1. The molecule has 0 radical (unpaired) electrons. The third-order valence-electron chi connectivity index (χ3n) is 5.59. The molecular formula is C24H19FN2O3. The molecule has 0 aliphatic carbocycles. The second kappa shape index (κ2) is 7.39. The highest BCUT2D eigenvalue weighted by molar-refractivity contribution is 6.07. The van der Waals surface area contributed by atoms with Gasteiger partial charge < -0.3 is 0 Å². The molecule has 2 aliphatic heterocycles. The van der Waals surface area contributed by atoms with E-state index in [9.17, 15) is 14.0 Å². The average molecular weight is 402 g/mol. The Morgan fingerprint density at radius 3 is 2.23 bits per heavy atom. The van der Waals surface area contributed by atoms with Crippen LogP contribution < -0.4 is 5.06 Å². The molecule has 0 spiro atoms. The molecule has 3 aromatic carbocycles. The second-order valence-electron chi connectivity index (χ2n) is 7.46. The number of imide groups is 1. The molecule has 2 fully saturated rings. The molecule has 2 saturated heterocycles. The lowest BCUT2D eigenvalue weighted by molar-refractivity contribution is -0.143. The van der Waals surface area contributed by atoms with Gasteiger partial charge in [0.2, 0.25) is 5.91 Å². The van der Waals surface area contributed by atoms with Gasteiger partial charge in [-0.2, -0.15) is 0 Å². The van der Waals surface area contributed by atoms with Crippen LogP contribution in [0.25, 0.3) is 0 Å². The van der Waals surface area contributed by atoms with Gasteiger partial charge in [-0.3, -0.25) is 19.3 Å². The summed E-state index contributed by atoms with van der Waals surface area (Å²) in [6.45, 7) is 0.191. The Morgan fingerprint density at radius 1 is 0.833 bits per heavy atom. The summed E-state index contributed by atoms with van der Waals surface area (Å²) in [5.74, 6) is -1.82. The van der Waals surface area contributed by atoms with Crippen molar-refractivity contribution in [1.82, 2.24) is 4.90 Å². The van der Waals surface area contributed by atoms with Gasteiger partial charge in [0.05, 0.1) is 18.3 Å². The molecule has 2 aliphatic rings. The van der Waals surface area contributed by atoms with Crippen LogP contribution in [-0.2, 0) is 21.0 Å². The monoisotopic (exact) mass is 402 g/mol. The number of halogens is 1. The van der Waals surface area contributed by atoms with E-state index in [0.29, 0.717) is 11.3 Å². The lowest BCUT2D eigenvalue weighted by Crippen LogP contribution is -2.36. The Kier molecular flexibility index (Phi) is 4.56. The number of benzene rings is 3. The van der Waals surface area contributed by atoms with Crippen molar-refractivity contribution in [2.75, 3.05) is 5.06 Å². The Balaban J connectivity index is 1.53. The minimum absolute atomic E-state index is 0.191. The highest BCUT2D eigenvalue weighted by atomic mass is 19.1. The van der Waals surface area contributed by atoms with Gasteiger partial charge in [0.25, 0.3) is 5.91 Å². The molecule has 0 N–H and O–H groups in total. The van der Waals surface area contributed by atoms with Crippen molar-refractivity contribution >= 4 is 17.5 Å². The third-order valence-corrected chi connectivity index (χ3v) is 5.59. The topological polar surface area (TPSA) is 49.9 Å². The minimum Gasteiger partial charge on any atom is -0.275 e. The summed E-state index contributed by atoms with van der Waals surface area (Å²) in [5.41, 5.74) is 2.16. The van der Waals surface area contributed by atoms with Crippen LogP contribution in [0, 0.1) is 11.7 Å². The molecule has 5 rings (SSSR count). The zero-order valence-electron chi connectivity index (χ0n) is 16.0. The normalized spacial score (nSPS) is 23.2. The van der Waals surface area contributed by atoms with Crippen LogP contribution in [0.2, 0.25) is 0 Å². The first-order valence-corrected chi connectivity index (χ1v) is 9.79. The molecule has 0 aromatic heterocycles. The standard InChI is InChI=1S/C24H19FN2O3/c25-18-11-7-10-17(14-18)21-20-22(30-27(21)19-12-5-2-6-13-19)24(29)26(23(20)28)15-16-8-3-1-4-9-16/h1-14,20-22H,15H2/t20-,21+,22+/m0/s1. The van der Waals surface area contributed by atoms with E-state index in [2.05, 4.69) is 0 Å². The largest absolute Gasteiger partial charge is 0.275 e. The van der Waals surface area contributed by atoms with Crippen molar-refractivity contribution in [3.63, 3.8) is 0 Å². The van der Waals surface area contributed by atoms with Crippen LogP contribution in [-0.4, -0.2) is 22.8 Å². The Bertz CT molecular complexity index is 1090. The molecule has 3 atom stereocenters. The smallest absolute Gasteiger partial charge is 0.262 e. The summed E-state index contributed by atoms with van der Waals surface area (Å²) in [6, 6.07) is 24.1. The summed E-state index contributed by atoms with van der Waals surface area (Å²) in [6.07, 6.45) is -0.935. The number of para-hydroxylation sites is 1. The number of hydrogen-bond donors (Lipinski definition) is 0. The van der Waals surface area contributed by atoms with Crippen molar-refractivity contribution in [2.45, 2.75) is 18.7 Å². The summed E-state index contributed by atoms with van der Waals surface area (Å²) < 4.78 is 14.0. The number of anilines is 1. The molecule has 6 heteroatoms. The quantitative estimate of drug-likeness (QED) is 0.622. The summed E-state index contributed by atoms with van der Waals surface area (Å²) in [7, 11) is 0. The molecule has 30 heavy (non-hydrogen) atoms. The first-order chi connectivity index (χ1) is 14.6. The lowest BCUT2D eigenvalue weighted by atomic mass is 9.90. The number of hydroxylamine groups is 1. The van der Waals surface area contributed by atoms with E-state index in [4.69, 9.17) is 4.84 Å². The van der Waals surface area contributed by atoms with Crippen molar-refractivity contribution in [2.24, 2.45) is 5.92 Å². The molecule has 150 valence electrons. The van der Waals surface area contributed by atoms with Gasteiger partial charge in [-0.05, 0) is 35.4 Å². The fourth-order valence-electron chi connectivity index (χ4n) is 4.22. The maximum Gasteiger partial charge on any atom is 0.262 e. The van der Waals surface area contributed by atoms with Crippen molar-refractivity contribution in [1.29, 1.82) is 0 Å². The maximum atomic E-state index is 14.0. The van der Waals surface area contributed by atoms with Gasteiger partial charge >= 0.3 is 0 Å². The van der Waals surface area contributed by atoms with E-state index in [0.717, 1.165) is 5.56 Å². The summed E-state index contributed by atoms with van der Waals surface area (Å²) in [5, 5.41) is 1.57. The van der Waals surface area contributed by atoms with Gasteiger partial charge in [0, 0.05) is 0 Å². The lowest BCUT2D eigenvalue weighted by Gasteiger charge is -2.28. The summed E-state index contributed by atoms with van der Waals surface area (Å²) in [4.78, 5) is 33.7. The maximum absolute atomic E-state index is 14.0. The zero-order chi connectivity index (χ0) is 20.7. The Hall–Kier alpha value is -3.51. The Labute approximate surface area is 173 Å². The van der Waals surface area contributed by atoms with Crippen LogP contribution in [0.3, 0.4) is 0 Å². The van der Waals surface area contributed by atoms with E-state index < -0.39 is 23.9 Å². The third kappa shape index (κ3) is 3.06. The first kappa shape index (κ1) is 18.5. The number of nitrogens with zero attached hydrogens (tertiary/aromatic N) is 2. The predicted octanol–water partition coefficient (Wildman–Crippen LogP) is 3.87. The van der Waals surface area contributed by atoms with Gasteiger partial charge in [-0.25, -0.2) is 9.45 Å². The van der Waals surface area contributed by atoms with E-state index in [-0.39, 0.29) is 18.4 Å². The fourth-order valence-corrected chi connectivity index (χ4v) is 4.22. The highest BCUT2D eigenvalue weighted by Crippen LogP contribution is 2.46. The molecule has 0 unspecified atom stereocenters. The number of rotatable bonds is 4. The van der Waals surface area contributed by atoms with E-state index in [1.54, 1.807) is 17.2 Å². The fraction of sp³-hybridized carbons (Fsp3) is 0.167. The number of fused-ring (bicyclic) bond motifs is 1. The first-order valence-electron chi connectivity index (χ1n) is 9.79. The van der Waals surface area contributed by atoms with Gasteiger partial charge in [0.1, 0.15) is 11.7 Å². The SMILES string of the molecule is O=C1[C@H]2[C@@H](c3cccc(F)c3)N(c3ccccc3)O[C@H]2C(=O)N1Cc1ccccc1. The Morgan fingerprint density at radius 2 is 1.53 bits per heavy atom. The van der Waals surface area contributed by atoms with Crippen molar-refractivity contribution in [3.8, 4) is 0 Å². The van der Waals surface area contributed by atoms with Gasteiger partial charge in [0.15, 0.2) is 6.10 Å². The average Bonchev–Trinajstić information content (AvgIpc) is 3.27. The van der Waals surface area contributed by atoms with Gasteiger partial charge in [-0.15, -0.1) is 0 Å². The molecule has 2 amide bonds. The van der Waals surface area contributed by atoms with Gasteiger partial charge in [-0.1, -0.05) is 60.7 Å². The van der Waals surface area contributed by atoms with Crippen LogP contribution in [0.4, 0.5) is 10.1 Å². The van der Waals surface area contributed by atoms with Crippen molar-refractivity contribution in [3.05, 3.63) is 102 Å². The zero-order valence-corrected chi connectivity index (χ0v) is 16.0. The van der Waals surface area contributed by atoms with Crippen LogP contribution in [0.5, 0.6) is 0 Å². The van der Waals surface area contributed by atoms with Crippen molar-refractivity contribution < 1.29 is 18.8 Å². The number of hydrogen-bond acceptors (Lipinski definition) is 4. The molecule has 0 bridgehead atoms. The second-order valence-corrected chi connectivity index (χ2v) is 7.46. The molecule has 0 saturated carbocycles. The molecular weight excluding hydrogens is 383 g/mol. The van der Waals surface area contributed by atoms with Crippen LogP contribution >= 0.6 is 0 Å². The number of carbonyl (C=O) groups excluding carboxylic acids is 2. The van der Waals surface area contributed by atoms with E-state index in [1.165, 1.54) is 17.0 Å². The predicted molar refractivity (Wildman–Crippen MR) is 108 cm³/mol. The number of amides is 2.